The van der Waals surface area contributed by atoms with Gasteiger partial charge in [0.25, 0.3) is 0 Å². The van der Waals surface area contributed by atoms with Crippen LogP contribution in [-0.4, -0.2) is 55.6 Å². The Labute approximate surface area is 174 Å². The van der Waals surface area contributed by atoms with E-state index in [4.69, 9.17) is 4.74 Å². The molecule has 1 rings (SSSR count). The first-order valence-corrected chi connectivity index (χ1v) is 9.12. The molecular weight excluding hydrogens is 443 g/mol. The Balaban J connectivity index is 0.00000625. The summed E-state index contributed by atoms with van der Waals surface area (Å²) in [5.74, 6) is 1.71. The van der Waals surface area contributed by atoms with Crippen LogP contribution in [0.25, 0.3) is 0 Å². The van der Waals surface area contributed by atoms with E-state index in [0.29, 0.717) is 25.5 Å². The van der Waals surface area contributed by atoms with Gasteiger partial charge in [0.05, 0.1) is 6.54 Å². The van der Waals surface area contributed by atoms with Crippen molar-refractivity contribution >= 4 is 35.8 Å². The third-order valence-electron chi connectivity index (χ3n) is 3.68. The van der Waals surface area contributed by atoms with Gasteiger partial charge in [-0.1, -0.05) is 18.2 Å². The van der Waals surface area contributed by atoms with Crippen LogP contribution < -0.4 is 15.4 Å². The zero-order valence-electron chi connectivity index (χ0n) is 16.3. The molecular formula is C19H33IN4O2. The highest BCUT2D eigenvalue weighted by Gasteiger charge is 2.09. The number of carbonyl (C=O) groups is 1. The van der Waals surface area contributed by atoms with E-state index in [0.717, 1.165) is 25.4 Å². The highest BCUT2D eigenvalue weighted by atomic mass is 127. The summed E-state index contributed by atoms with van der Waals surface area (Å²) in [6.45, 7) is 11.4. The van der Waals surface area contributed by atoms with Crippen molar-refractivity contribution in [3.8, 4) is 5.75 Å². The number of carbonyl (C=O) groups excluding carboxylic acids is 1. The Morgan fingerprint density at radius 1 is 1.15 bits per heavy atom. The molecule has 1 atom stereocenters. The van der Waals surface area contributed by atoms with Gasteiger partial charge < -0.3 is 20.3 Å². The second-order valence-corrected chi connectivity index (χ2v) is 5.70. The van der Waals surface area contributed by atoms with Gasteiger partial charge in [0.15, 0.2) is 5.96 Å². The molecule has 0 saturated heterocycles. The second kappa shape index (κ2) is 14.6. The molecule has 0 spiro atoms. The first-order valence-electron chi connectivity index (χ1n) is 9.12. The number of aliphatic imine (C=N–C) groups is 1. The first kappa shape index (κ1) is 24.5. The standard InChI is InChI=1S/C19H32N4O2.HI/c1-5-20-19(21-14-13-18(24)23(6-2)7-3)22-15-16(4)25-17-11-9-8-10-12-17;/h8-12,16H,5-7,13-15H2,1-4H3,(H2,20,21,22);1H. The minimum Gasteiger partial charge on any atom is -0.489 e. The summed E-state index contributed by atoms with van der Waals surface area (Å²) >= 11 is 0. The minimum atomic E-state index is -0.0323. The van der Waals surface area contributed by atoms with Gasteiger partial charge in [0.1, 0.15) is 11.9 Å². The number of benzene rings is 1. The third-order valence-corrected chi connectivity index (χ3v) is 3.68. The van der Waals surface area contributed by atoms with E-state index in [-0.39, 0.29) is 36.0 Å². The van der Waals surface area contributed by atoms with Crippen molar-refractivity contribution in [3.63, 3.8) is 0 Å². The average Bonchev–Trinajstić information content (AvgIpc) is 2.61. The summed E-state index contributed by atoms with van der Waals surface area (Å²) in [5, 5.41) is 6.40. The predicted octanol–water partition coefficient (Wildman–Crippen LogP) is 2.89. The molecule has 0 aliphatic carbocycles. The molecule has 0 bridgehead atoms. The predicted molar refractivity (Wildman–Crippen MR) is 118 cm³/mol. The lowest BCUT2D eigenvalue weighted by molar-refractivity contribution is -0.130. The molecule has 1 aromatic carbocycles. The zero-order valence-corrected chi connectivity index (χ0v) is 18.7. The van der Waals surface area contributed by atoms with E-state index in [1.165, 1.54) is 0 Å². The van der Waals surface area contributed by atoms with Crippen LogP contribution >= 0.6 is 24.0 Å². The molecule has 2 N–H and O–H groups in total. The van der Waals surface area contributed by atoms with Crippen LogP contribution in [0, 0.1) is 0 Å². The van der Waals surface area contributed by atoms with Crippen LogP contribution in [0.3, 0.4) is 0 Å². The number of hydrogen-bond donors (Lipinski definition) is 2. The molecule has 6 nitrogen and oxygen atoms in total. The Bertz CT molecular complexity index is 522. The van der Waals surface area contributed by atoms with Crippen molar-refractivity contribution in [3.05, 3.63) is 30.3 Å². The normalized spacial score (nSPS) is 11.9. The number of ether oxygens (including phenoxy) is 1. The maximum absolute atomic E-state index is 12.0. The lowest BCUT2D eigenvalue weighted by Gasteiger charge is -2.19. The highest BCUT2D eigenvalue weighted by Crippen LogP contribution is 2.10. The Morgan fingerprint density at radius 2 is 1.81 bits per heavy atom. The van der Waals surface area contributed by atoms with Crippen molar-refractivity contribution in [2.75, 3.05) is 32.7 Å². The van der Waals surface area contributed by atoms with Crippen molar-refractivity contribution in [2.45, 2.75) is 40.2 Å². The van der Waals surface area contributed by atoms with Crippen LogP contribution in [0.1, 0.15) is 34.1 Å². The van der Waals surface area contributed by atoms with Crippen LogP contribution in [0.2, 0.25) is 0 Å². The molecule has 1 amide bonds. The van der Waals surface area contributed by atoms with Crippen LogP contribution in [0.15, 0.2) is 35.3 Å². The lowest BCUT2D eigenvalue weighted by atomic mass is 10.3. The Hall–Kier alpha value is -1.51. The van der Waals surface area contributed by atoms with E-state index in [2.05, 4.69) is 15.6 Å². The summed E-state index contributed by atoms with van der Waals surface area (Å²) in [7, 11) is 0. The molecule has 1 unspecified atom stereocenters. The fourth-order valence-electron chi connectivity index (χ4n) is 2.35. The molecule has 0 saturated carbocycles. The summed E-state index contributed by atoms with van der Waals surface area (Å²) in [6, 6.07) is 9.72. The molecule has 0 aliphatic heterocycles. The molecule has 0 heterocycles. The highest BCUT2D eigenvalue weighted by molar-refractivity contribution is 14.0. The van der Waals surface area contributed by atoms with Crippen LogP contribution in [0.4, 0.5) is 0 Å². The molecule has 0 radical (unpaired) electrons. The smallest absolute Gasteiger partial charge is 0.224 e. The quantitative estimate of drug-likeness (QED) is 0.310. The second-order valence-electron chi connectivity index (χ2n) is 5.70. The molecule has 1 aromatic rings. The van der Waals surface area contributed by atoms with Gasteiger partial charge >= 0.3 is 0 Å². The SMILES string of the molecule is CCNC(=NCC(C)Oc1ccccc1)NCCC(=O)N(CC)CC.I. The number of hydrogen-bond acceptors (Lipinski definition) is 3. The maximum atomic E-state index is 12.0. The van der Waals surface area contributed by atoms with Gasteiger partial charge in [0.2, 0.25) is 5.91 Å². The van der Waals surface area contributed by atoms with E-state index in [9.17, 15) is 4.79 Å². The van der Waals surface area contributed by atoms with E-state index < -0.39 is 0 Å². The number of nitrogens with zero attached hydrogens (tertiary/aromatic N) is 2. The number of para-hydroxylation sites is 1. The van der Waals surface area contributed by atoms with Gasteiger partial charge in [0, 0.05) is 32.6 Å². The van der Waals surface area contributed by atoms with E-state index in [1.807, 2.05) is 62.9 Å². The van der Waals surface area contributed by atoms with Crippen molar-refractivity contribution in [2.24, 2.45) is 4.99 Å². The number of amides is 1. The molecule has 26 heavy (non-hydrogen) atoms. The minimum absolute atomic E-state index is 0. The third kappa shape index (κ3) is 9.84. The van der Waals surface area contributed by atoms with E-state index >= 15 is 0 Å². The fourth-order valence-corrected chi connectivity index (χ4v) is 2.35. The van der Waals surface area contributed by atoms with Crippen molar-refractivity contribution < 1.29 is 9.53 Å². The van der Waals surface area contributed by atoms with Gasteiger partial charge in [-0.25, -0.2) is 4.99 Å². The van der Waals surface area contributed by atoms with Crippen LogP contribution in [-0.2, 0) is 4.79 Å². The van der Waals surface area contributed by atoms with Crippen molar-refractivity contribution in [1.82, 2.24) is 15.5 Å². The summed E-state index contributed by atoms with van der Waals surface area (Å²) in [5.41, 5.74) is 0. The monoisotopic (exact) mass is 476 g/mol. The van der Waals surface area contributed by atoms with Gasteiger partial charge in [-0.3, -0.25) is 4.79 Å². The molecule has 7 heteroatoms. The molecule has 0 fully saturated rings. The summed E-state index contributed by atoms with van der Waals surface area (Å²) in [4.78, 5) is 18.4. The maximum Gasteiger partial charge on any atom is 0.224 e. The van der Waals surface area contributed by atoms with Gasteiger partial charge in [-0.2, -0.15) is 0 Å². The number of guanidine groups is 1. The number of rotatable bonds is 10. The average molecular weight is 476 g/mol. The van der Waals surface area contributed by atoms with Crippen molar-refractivity contribution in [1.29, 1.82) is 0 Å². The lowest BCUT2D eigenvalue weighted by Crippen LogP contribution is -2.40. The number of halogens is 1. The summed E-state index contributed by atoms with van der Waals surface area (Å²) in [6.07, 6.45) is 0.428. The zero-order chi connectivity index (χ0) is 18.5. The van der Waals surface area contributed by atoms with Gasteiger partial charge in [-0.05, 0) is 39.8 Å². The number of nitrogens with one attached hydrogen (secondary N) is 2. The first-order chi connectivity index (χ1) is 12.1. The van der Waals surface area contributed by atoms with E-state index in [1.54, 1.807) is 0 Å². The molecule has 148 valence electrons. The Kier molecular flexibility index (Phi) is 13.8. The van der Waals surface area contributed by atoms with Gasteiger partial charge in [-0.15, -0.1) is 24.0 Å². The largest absolute Gasteiger partial charge is 0.489 e. The fraction of sp³-hybridized carbons (Fsp3) is 0.579. The topological polar surface area (TPSA) is 66.0 Å². The van der Waals surface area contributed by atoms with Crippen LogP contribution in [0.5, 0.6) is 5.75 Å². The summed E-state index contributed by atoms with van der Waals surface area (Å²) < 4.78 is 5.82. The molecule has 0 aromatic heterocycles. The Morgan fingerprint density at radius 3 is 2.38 bits per heavy atom. The molecule has 0 aliphatic rings.